The molecule has 90 valence electrons. The van der Waals surface area contributed by atoms with Crippen LogP contribution in [0.1, 0.15) is 22.2 Å². The number of aryl methyl sites for hydroxylation is 1. The first-order valence-corrected chi connectivity index (χ1v) is 6.56. The Morgan fingerprint density at radius 2 is 2.29 bits per heavy atom. The molecule has 1 unspecified atom stereocenters. The minimum Gasteiger partial charge on any atom is -0.312 e. The average Bonchev–Trinajstić information content (AvgIpc) is 2.72. The Balaban J connectivity index is 2.19. The van der Waals surface area contributed by atoms with E-state index in [2.05, 4.69) is 21.0 Å². The number of benzene rings is 1. The Morgan fingerprint density at radius 3 is 2.88 bits per heavy atom. The van der Waals surface area contributed by atoms with E-state index in [9.17, 15) is 0 Å². The van der Waals surface area contributed by atoms with Gasteiger partial charge in [-0.3, -0.25) is 0 Å². The van der Waals surface area contributed by atoms with Crippen molar-refractivity contribution in [2.24, 2.45) is 0 Å². The van der Waals surface area contributed by atoms with Crippen LogP contribution in [0, 0.1) is 6.92 Å². The third kappa shape index (κ3) is 3.03. The van der Waals surface area contributed by atoms with Gasteiger partial charge in [-0.1, -0.05) is 28.2 Å². The van der Waals surface area contributed by atoms with Gasteiger partial charge in [0.15, 0.2) is 0 Å². The van der Waals surface area contributed by atoms with Crippen molar-refractivity contribution in [2.75, 3.05) is 7.05 Å². The summed E-state index contributed by atoms with van der Waals surface area (Å²) in [5.41, 5.74) is 2.21. The van der Waals surface area contributed by atoms with E-state index in [1.165, 1.54) is 22.0 Å². The number of nitrogens with zero attached hydrogens (tertiary/aromatic N) is 2. The minimum atomic E-state index is 0.244. The molecular weight excluding hydrogens is 254 g/mol. The fourth-order valence-corrected chi connectivity index (χ4v) is 2.75. The van der Waals surface area contributed by atoms with Crippen LogP contribution < -0.4 is 5.32 Å². The summed E-state index contributed by atoms with van der Waals surface area (Å²) >= 11 is 7.43. The van der Waals surface area contributed by atoms with Crippen molar-refractivity contribution in [3.8, 4) is 0 Å². The van der Waals surface area contributed by atoms with Gasteiger partial charge in [-0.05, 0) is 49.6 Å². The molecule has 3 nitrogen and oxygen atoms in total. The lowest BCUT2D eigenvalue weighted by Gasteiger charge is -2.14. The van der Waals surface area contributed by atoms with E-state index in [1.807, 2.05) is 32.2 Å². The molecule has 1 aromatic heterocycles. The van der Waals surface area contributed by atoms with E-state index in [0.29, 0.717) is 0 Å². The first-order valence-electron chi connectivity index (χ1n) is 5.41. The Kier molecular flexibility index (Phi) is 4.10. The third-order valence-electron chi connectivity index (χ3n) is 2.68. The van der Waals surface area contributed by atoms with Crippen LogP contribution in [0.15, 0.2) is 24.3 Å². The van der Waals surface area contributed by atoms with Gasteiger partial charge in [0.05, 0.1) is 10.6 Å². The van der Waals surface area contributed by atoms with E-state index < -0.39 is 0 Å². The second kappa shape index (κ2) is 5.58. The van der Waals surface area contributed by atoms with Crippen LogP contribution in [0.25, 0.3) is 0 Å². The van der Waals surface area contributed by atoms with Gasteiger partial charge in [-0.2, -0.15) is 0 Å². The number of halogens is 1. The first kappa shape index (κ1) is 12.5. The second-order valence-electron chi connectivity index (χ2n) is 3.90. The number of likely N-dealkylation sites (N-methyl/N-ethyl adjacent to an activating group) is 1. The third-order valence-corrected chi connectivity index (χ3v) is 3.86. The van der Waals surface area contributed by atoms with Crippen LogP contribution in [-0.4, -0.2) is 16.6 Å². The van der Waals surface area contributed by atoms with Gasteiger partial charge in [0, 0.05) is 11.1 Å². The zero-order chi connectivity index (χ0) is 12.3. The van der Waals surface area contributed by atoms with Crippen molar-refractivity contribution in [3.05, 3.63) is 45.4 Å². The van der Waals surface area contributed by atoms with E-state index in [4.69, 9.17) is 11.6 Å². The number of hydrogen-bond donors (Lipinski definition) is 1. The maximum Gasteiger partial charge on any atom is 0.0772 e. The topological polar surface area (TPSA) is 37.8 Å². The van der Waals surface area contributed by atoms with Gasteiger partial charge in [0.1, 0.15) is 0 Å². The second-order valence-corrected chi connectivity index (χ2v) is 5.12. The van der Waals surface area contributed by atoms with Crippen molar-refractivity contribution in [3.63, 3.8) is 0 Å². The molecule has 0 fully saturated rings. The van der Waals surface area contributed by atoms with Crippen molar-refractivity contribution in [1.29, 1.82) is 0 Å². The van der Waals surface area contributed by atoms with Crippen molar-refractivity contribution < 1.29 is 0 Å². The van der Waals surface area contributed by atoms with E-state index >= 15 is 0 Å². The number of aromatic nitrogens is 2. The molecule has 17 heavy (non-hydrogen) atoms. The van der Waals surface area contributed by atoms with Crippen LogP contribution in [-0.2, 0) is 6.42 Å². The summed E-state index contributed by atoms with van der Waals surface area (Å²) in [5.74, 6) is 0. The maximum absolute atomic E-state index is 5.99. The van der Waals surface area contributed by atoms with Gasteiger partial charge >= 0.3 is 0 Å². The average molecular weight is 268 g/mol. The van der Waals surface area contributed by atoms with Crippen LogP contribution in [0.2, 0.25) is 5.02 Å². The molecule has 1 N–H and O–H groups in total. The minimum absolute atomic E-state index is 0.244. The number of rotatable bonds is 4. The normalized spacial score (nSPS) is 12.6. The van der Waals surface area contributed by atoms with Gasteiger partial charge in [0.2, 0.25) is 0 Å². The summed E-state index contributed by atoms with van der Waals surface area (Å²) in [6.45, 7) is 1.99. The molecular formula is C12H14ClN3S. The molecule has 0 aliphatic carbocycles. The molecule has 0 spiro atoms. The molecule has 0 saturated heterocycles. The van der Waals surface area contributed by atoms with E-state index in [0.717, 1.165) is 17.1 Å². The Bertz CT molecular complexity index is 498. The van der Waals surface area contributed by atoms with Gasteiger partial charge in [-0.15, -0.1) is 5.10 Å². The highest BCUT2D eigenvalue weighted by molar-refractivity contribution is 7.05. The molecule has 1 aromatic carbocycles. The molecule has 0 bridgehead atoms. The first-order chi connectivity index (χ1) is 8.20. The predicted octanol–water partition coefficient (Wildman–Crippen LogP) is 3.00. The van der Waals surface area contributed by atoms with Crippen LogP contribution in [0.3, 0.4) is 0 Å². The fraction of sp³-hybridized carbons (Fsp3) is 0.333. The summed E-state index contributed by atoms with van der Waals surface area (Å²) < 4.78 is 3.98. The quantitative estimate of drug-likeness (QED) is 0.925. The summed E-state index contributed by atoms with van der Waals surface area (Å²) in [4.78, 5) is 1.19. The van der Waals surface area contributed by atoms with Gasteiger partial charge in [-0.25, -0.2) is 0 Å². The highest BCUT2D eigenvalue weighted by Gasteiger charge is 2.15. The fourth-order valence-electron chi connectivity index (χ4n) is 1.78. The largest absolute Gasteiger partial charge is 0.312 e. The predicted molar refractivity (Wildman–Crippen MR) is 71.6 cm³/mol. The highest BCUT2D eigenvalue weighted by atomic mass is 35.5. The zero-order valence-electron chi connectivity index (χ0n) is 9.77. The molecule has 0 saturated carbocycles. The van der Waals surface area contributed by atoms with Crippen molar-refractivity contribution >= 4 is 23.1 Å². The lowest BCUT2D eigenvalue weighted by atomic mass is 10.0. The summed E-state index contributed by atoms with van der Waals surface area (Å²) in [6.07, 6.45) is 0.891. The van der Waals surface area contributed by atoms with E-state index in [-0.39, 0.29) is 6.04 Å². The van der Waals surface area contributed by atoms with Crippen molar-refractivity contribution in [1.82, 2.24) is 14.9 Å². The molecule has 0 radical (unpaired) electrons. The monoisotopic (exact) mass is 267 g/mol. The van der Waals surface area contributed by atoms with Crippen molar-refractivity contribution in [2.45, 2.75) is 19.4 Å². The maximum atomic E-state index is 5.99. The van der Waals surface area contributed by atoms with Gasteiger partial charge < -0.3 is 5.32 Å². The zero-order valence-corrected chi connectivity index (χ0v) is 11.3. The lowest BCUT2D eigenvalue weighted by molar-refractivity contribution is 0.597. The number of hydrogen-bond acceptors (Lipinski definition) is 4. The molecule has 2 aromatic rings. The molecule has 1 heterocycles. The molecule has 0 aliphatic rings. The molecule has 1 atom stereocenters. The summed E-state index contributed by atoms with van der Waals surface area (Å²) in [6, 6.07) is 8.19. The lowest BCUT2D eigenvalue weighted by Crippen LogP contribution is -2.18. The standard InChI is InChI=1S/C12H14ClN3S/c1-8-12(17-16-15-8)11(14-2)7-9-4-3-5-10(13)6-9/h3-6,11,14H,7H2,1-2H3. The molecule has 0 aliphatic heterocycles. The molecule has 0 amide bonds. The van der Waals surface area contributed by atoms with Crippen LogP contribution in [0.5, 0.6) is 0 Å². The van der Waals surface area contributed by atoms with Crippen LogP contribution >= 0.6 is 23.1 Å². The highest BCUT2D eigenvalue weighted by Crippen LogP contribution is 2.24. The van der Waals surface area contributed by atoms with E-state index in [1.54, 1.807) is 0 Å². The SMILES string of the molecule is CNC(Cc1cccc(Cl)c1)c1snnc1C. The Morgan fingerprint density at radius 1 is 1.47 bits per heavy atom. The smallest absolute Gasteiger partial charge is 0.0772 e. The van der Waals surface area contributed by atoms with Crippen LogP contribution in [0.4, 0.5) is 0 Å². The molecule has 5 heteroatoms. The Hall–Kier alpha value is -0.970. The number of nitrogens with one attached hydrogen (secondary N) is 1. The molecule has 2 rings (SSSR count). The Labute approximate surface area is 110 Å². The summed E-state index contributed by atoms with van der Waals surface area (Å²) in [5, 5.41) is 8.12. The summed E-state index contributed by atoms with van der Waals surface area (Å²) in [7, 11) is 1.95. The van der Waals surface area contributed by atoms with Gasteiger partial charge in [0.25, 0.3) is 0 Å².